The van der Waals surface area contributed by atoms with Crippen molar-refractivity contribution in [2.24, 2.45) is 11.7 Å². The number of hydrogen-bond acceptors (Lipinski definition) is 3. The number of nitrogens with two attached hydrogens (primary N) is 1. The van der Waals surface area contributed by atoms with Crippen molar-refractivity contribution >= 4 is 11.8 Å². The summed E-state index contributed by atoms with van der Waals surface area (Å²) in [7, 11) is 0. The maximum absolute atomic E-state index is 12.1. The lowest BCUT2D eigenvalue weighted by atomic mass is 9.96. The highest BCUT2D eigenvalue weighted by Crippen LogP contribution is 2.16. The number of carbonyl (C=O) groups excluding carboxylic acids is 2. The third-order valence-corrected chi connectivity index (χ3v) is 4.03. The van der Waals surface area contributed by atoms with Gasteiger partial charge in [0.25, 0.3) is 0 Å². The van der Waals surface area contributed by atoms with Crippen LogP contribution in [0.15, 0.2) is 30.3 Å². The molecule has 1 fully saturated rings. The van der Waals surface area contributed by atoms with E-state index in [1.807, 2.05) is 37.3 Å². The molecule has 0 saturated carbocycles. The van der Waals surface area contributed by atoms with E-state index in [0.29, 0.717) is 6.54 Å². The molecule has 2 amide bonds. The quantitative estimate of drug-likeness (QED) is 0.851. The zero-order valence-electron chi connectivity index (χ0n) is 12.4. The molecule has 114 valence electrons. The van der Waals surface area contributed by atoms with Gasteiger partial charge in [-0.1, -0.05) is 30.3 Å². The molecular formula is C16H23N3O2. The van der Waals surface area contributed by atoms with Gasteiger partial charge in [0.2, 0.25) is 11.8 Å². The average molecular weight is 289 g/mol. The van der Waals surface area contributed by atoms with Crippen molar-refractivity contribution < 1.29 is 9.59 Å². The zero-order valence-corrected chi connectivity index (χ0v) is 12.4. The Bertz CT molecular complexity index is 482. The summed E-state index contributed by atoms with van der Waals surface area (Å²) in [5, 5.41) is 3.01. The Morgan fingerprint density at radius 1 is 1.29 bits per heavy atom. The molecule has 2 rings (SSSR count). The Hall–Kier alpha value is -1.88. The van der Waals surface area contributed by atoms with Crippen LogP contribution in [0.4, 0.5) is 0 Å². The van der Waals surface area contributed by atoms with Crippen molar-refractivity contribution in [2.75, 3.05) is 19.6 Å². The van der Waals surface area contributed by atoms with Crippen molar-refractivity contribution in [3.05, 3.63) is 35.9 Å². The topological polar surface area (TPSA) is 75.4 Å². The molecule has 3 N–H and O–H groups in total. The van der Waals surface area contributed by atoms with Gasteiger partial charge in [0.1, 0.15) is 0 Å². The number of hydrogen-bond donors (Lipinski definition) is 2. The van der Waals surface area contributed by atoms with Gasteiger partial charge in [-0.25, -0.2) is 0 Å². The van der Waals surface area contributed by atoms with Crippen molar-refractivity contribution in [1.82, 2.24) is 10.2 Å². The summed E-state index contributed by atoms with van der Waals surface area (Å²) in [5.41, 5.74) is 6.40. The van der Waals surface area contributed by atoms with Crippen LogP contribution in [0.5, 0.6) is 0 Å². The molecule has 0 radical (unpaired) electrons. The summed E-state index contributed by atoms with van der Waals surface area (Å²) in [6, 6.07) is 9.90. The van der Waals surface area contributed by atoms with Crippen molar-refractivity contribution in [2.45, 2.75) is 25.8 Å². The molecule has 1 atom stereocenters. The number of rotatable bonds is 5. The maximum atomic E-state index is 12.1. The summed E-state index contributed by atoms with van der Waals surface area (Å²) in [6.07, 6.45) is 1.49. The van der Waals surface area contributed by atoms with Gasteiger partial charge in [-0.3, -0.25) is 14.5 Å². The van der Waals surface area contributed by atoms with Gasteiger partial charge in [0.05, 0.1) is 12.6 Å². The Balaban J connectivity index is 1.76. The van der Waals surface area contributed by atoms with E-state index in [1.54, 1.807) is 0 Å². The molecule has 1 aromatic rings. The molecule has 0 spiro atoms. The Labute approximate surface area is 125 Å². The number of nitrogens with one attached hydrogen (secondary N) is 1. The van der Waals surface area contributed by atoms with E-state index >= 15 is 0 Å². The van der Waals surface area contributed by atoms with Crippen LogP contribution in [0.3, 0.4) is 0 Å². The number of nitrogens with zero attached hydrogens (tertiary/aromatic N) is 1. The third-order valence-electron chi connectivity index (χ3n) is 4.03. The summed E-state index contributed by atoms with van der Waals surface area (Å²) in [6.45, 7) is 3.86. The first-order chi connectivity index (χ1) is 10.1. The minimum atomic E-state index is -0.225. The first kappa shape index (κ1) is 15.5. The summed E-state index contributed by atoms with van der Waals surface area (Å²) in [4.78, 5) is 25.3. The second-order valence-corrected chi connectivity index (χ2v) is 5.65. The van der Waals surface area contributed by atoms with Crippen LogP contribution in [-0.4, -0.2) is 36.3 Å². The molecule has 5 heteroatoms. The molecule has 1 saturated heterocycles. The smallest absolute Gasteiger partial charge is 0.234 e. The van der Waals surface area contributed by atoms with E-state index in [4.69, 9.17) is 5.73 Å². The number of carbonyl (C=O) groups is 2. The SMILES string of the molecule is C[C@@H](NC(=O)CN1CCC(C(N)=O)CC1)c1ccccc1. The Morgan fingerprint density at radius 2 is 1.90 bits per heavy atom. The Morgan fingerprint density at radius 3 is 2.48 bits per heavy atom. The fraction of sp³-hybridized carbons (Fsp3) is 0.500. The number of amides is 2. The molecule has 0 aliphatic carbocycles. The van der Waals surface area contributed by atoms with E-state index in [9.17, 15) is 9.59 Å². The van der Waals surface area contributed by atoms with Crippen LogP contribution >= 0.6 is 0 Å². The lowest BCUT2D eigenvalue weighted by molar-refractivity contribution is -0.124. The van der Waals surface area contributed by atoms with Crippen LogP contribution in [-0.2, 0) is 9.59 Å². The molecule has 1 aromatic carbocycles. The first-order valence-corrected chi connectivity index (χ1v) is 7.42. The molecule has 0 bridgehead atoms. The van der Waals surface area contributed by atoms with E-state index in [1.165, 1.54) is 0 Å². The van der Waals surface area contributed by atoms with Gasteiger partial charge >= 0.3 is 0 Å². The lowest BCUT2D eigenvalue weighted by Gasteiger charge is -2.30. The van der Waals surface area contributed by atoms with Gasteiger partial charge in [0.15, 0.2) is 0 Å². The molecular weight excluding hydrogens is 266 g/mol. The molecule has 0 unspecified atom stereocenters. The molecule has 1 aliphatic rings. The largest absolute Gasteiger partial charge is 0.369 e. The molecule has 1 heterocycles. The van der Waals surface area contributed by atoms with Crippen molar-refractivity contribution in [1.29, 1.82) is 0 Å². The second kappa shape index (κ2) is 7.22. The number of likely N-dealkylation sites (tertiary alicyclic amines) is 1. The summed E-state index contributed by atoms with van der Waals surface area (Å²) in [5.74, 6) is -0.242. The predicted octanol–water partition coefficient (Wildman–Crippen LogP) is 1.06. The van der Waals surface area contributed by atoms with E-state index in [-0.39, 0.29) is 23.8 Å². The number of primary amides is 1. The molecule has 21 heavy (non-hydrogen) atoms. The second-order valence-electron chi connectivity index (χ2n) is 5.65. The van der Waals surface area contributed by atoms with Crippen LogP contribution in [0.1, 0.15) is 31.4 Å². The Kier molecular flexibility index (Phi) is 5.33. The average Bonchev–Trinajstić information content (AvgIpc) is 2.48. The molecule has 1 aliphatic heterocycles. The van der Waals surface area contributed by atoms with Gasteiger partial charge in [-0.05, 0) is 38.4 Å². The van der Waals surface area contributed by atoms with Gasteiger partial charge < -0.3 is 11.1 Å². The van der Waals surface area contributed by atoms with Crippen LogP contribution in [0.2, 0.25) is 0 Å². The minimum absolute atomic E-state index is 0.00172. The standard InChI is InChI=1S/C16H23N3O2/c1-12(13-5-3-2-4-6-13)18-15(20)11-19-9-7-14(8-10-19)16(17)21/h2-6,12,14H,7-11H2,1H3,(H2,17,21)(H,18,20)/t12-/m1/s1. The fourth-order valence-corrected chi connectivity index (χ4v) is 2.69. The number of benzene rings is 1. The van der Waals surface area contributed by atoms with Crippen molar-refractivity contribution in [3.8, 4) is 0 Å². The van der Waals surface area contributed by atoms with Crippen LogP contribution < -0.4 is 11.1 Å². The minimum Gasteiger partial charge on any atom is -0.369 e. The highest BCUT2D eigenvalue weighted by Gasteiger charge is 2.24. The summed E-state index contributed by atoms with van der Waals surface area (Å²) >= 11 is 0. The highest BCUT2D eigenvalue weighted by molar-refractivity contribution is 5.79. The number of piperidine rings is 1. The monoisotopic (exact) mass is 289 g/mol. The lowest BCUT2D eigenvalue weighted by Crippen LogP contribution is -2.44. The maximum Gasteiger partial charge on any atom is 0.234 e. The predicted molar refractivity (Wildman–Crippen MR) is 81.4 cm³/mol. The fourth-order valence-electron chi connectivity index (χ4n) is 2.69. The van der Waals surface area contributed by atoms with Gasteiger partial charge in [-0.2, -0.15) is 0 Å². The first-order valence-electron chi connectivity index (χ1n) is 7.42. The van der Waals surface area contributed by atoms with Crippen LogP contribution in [0, 0.1) is 5.92 Å². The van der Waals surface area contributed by atoms with E-state index < -0.39 is 0 Å². The molecule has 5 nitrogen and oxygen atoms in total. The summed E-state index contributed by atoms with van der Waals surface area (Å²) < 4.78 is 0. The van der Waals surface area contributed by atoms with Crippen molar-refractivity contribution in [3.63, 3.8) is 0 Å². The van der Waals surface area contributed by atoms with E-state index in [0.717, 1.165) is 31.5 Å². The highest BCUT2D eigenvalue weighted by atomic mass is 16.2. The normalized spacial score (nSPS) is 18.1. The third kappa shape index (κ3) is 4.56. The van der Waals surface area contributed by atoms with Gasteiger partial charge in [0, 0.05) is 5.92 Å². The van der Waals surface area contributed by atoms with E-state index in [2.05, 4.69) is 10.2 Å². The molecule has 0 aromatic heterocycles. The van der Waals surface area contributed by atoms with Gasteiger partial charge in [-0.15, -0.1) is 0 Å². The van der Waals surface area contributed by atoms with Crippen LogP contribution in [0.25, 0.3) is 0 Å². The zero-order chi connectivity index (χ0) is 15.2.